The van der Waals surface area contributed by atoms with Crippen LogP contribution in [-0.2, 0) is 6.42 Å². The van der Waals surface area contributed by atoms with Gasteiger partial charge >= 0.3 is 0 Å². The van der Waals surface area contributed by atoms with Gasteiger partial charge in [-0.1, -0.05) is 6.07 Å². The molecule has 0 aliphatic carbocycles. The fourth-order valence-electron chi connectivity index (χ4n) is 1.73. The van der Waals surface area contributed by atoms with Crippen LogP contribution in [0.15, 0.2) is 34.1 Å². The minimum atomic E-state index is -0.666. The highest BCUT2D eigenvalue weighted by Crippen LogP contribution is 2.29. The van der Waals surface area contributed by atoms with E-state index in [4.69, 9.17) is 0 Å². The number of aliphatic hydroxyl groups is 1. The number of thiophene rings is 1. The van der Waals surface area contributed by atoms with Crippen molar-refractivity contribution in [1.29, 1.82) is 0 Å². The van der Waals surface area contributed by atoms with E-state index in [1.54, 1.807) is 17.4 Å². The molecule has 0 spiro atoms. The Balaban J connectivity index is 2.23. The van der Waals surface area contributed by atoms with E-state index in [1.165, 1.54) is 12.1 Å². The third-order valence-electron chi connectivity index (χ3n) is 2.67. The number of rotatable bonds is 3. The van der Waals surface area contributed by atoms with Crippen LogP contribution in [-0.4, -0.2) is 5.11 Å². The zero-order valence-electron chi connectivity index (χ0n) is 9.28. The van der Waals surface area contributed by atoms with E-state index in [0.717, 1.165) is 14.9 Å². The van der Waals surface area contributed by atoms with Crippen molar-refractivity contribution in [2.24, 2.45) is 0 Å². The van der Waals surface area contributed by atoms with E-state index >= 15 is 0 Å². The number of aliphatic hydroxyl groups excluding tert-OH is 1. The lowest BCUT2D eigenvalue weighted by molar-refractivity contribution is 0.178. The van der Waals surface area contributed by atoms with E-state index in [9.17, 15) is 9.50 Å². The van der Waals surface area contributed by atoms with E-state index in [0.29, 0.717) is 12.0 Å². The van der Waals surface area contributed by atoms with Crippen molar-refractivity contribution in [1.82, 2.24) is 0 Å². The summed E-state index contributed by atoms with van der Waals surface area (Å²) in [7, 11) is 0. The average Bonchev–Trinajstić information content (AvgIpc) is 2.68. The maximum Gasteiger partial charge on any atom is 0.123 e. The van der Waals surface area contributed by atoms with Gasteiger partial charge in [0.15, 0.2) is 0 Å². The summed E-state index contributed by atoms with van der Waals surface area (Å²) in [4.78, 5) is 1.07. The molecule has 17 heavy (non-hydrogen) atoms. The predicted octanol–water partition coefficient (Wildman–Crippen LogP) is 4.23. The van der Waals surface area contributed by atoms with Gasteiger partial charge in [0.2, 0.25) is 0 Å². The van der Waals surface area contributed by atoms with Gasteiger partial charge in [-0.2, -0.15) is 0 Å². The summed E-state index contributed by atoms with van der Waals surface area (Å²) >= 11 is 5.01. The molecule has 90 valence electrons. The van der Waals surface area contributed by atoms with E-state index in [2.05, 4.69) is 15.9 Å². The maximum atomic E-state index is 13.1. The van der Waals surface area contributed by atoms with Gasteiger partial charge in [0.05, 0.1) is 6.10 Å². The highest BCUT2D eigenvalue weighted by molar-refractivity contribution is 9.10. The average molecular weight is 315 g/mol. The van der Waals surface area contributed by atoms with Crippen LogP contribution in [0, 0.1) is 12.7 Å². The van der Waals surface area contributed by atoms with Crippen LogP contribution in [0.4, 0.5) is 4.39 Å². The van der Waals surface area contributed by atoms with Gasteiger partial charge in [-0.3, -0.25) is 0 Å². The quantitative estimate of drug-likeness (QED) is 0.898. The molecule has 0 amide bonds. The van der Waals surface area contributed by atoms with E-state index in [1.807, 2.05) is 18.4 Å². The second-order valence-corrected chi connectivity index (χ2v) is 5.77. The van der Waals surface area contributed by atoms with Gasteiger partial charge in [-0.05, 0) is 57.6 Å². The van der Waals surface area contributed by atoms with Crippen molar-refractivity contribution in [3.8, 4) is 0 Å². The lowest BCUT2D eigenvalue weighted by Crippen LogP contribution is -2.03. The first-order valence-electron chi connectivity index (χ1n) is 5.24. The monoisotopic (exact) mass is 314 g/mol. The molecule has 1 N–H and O–H groups in total. The summed E-state index contributed by atoms with van der Waals surface area (Å²) < 4.78 is 14.1. The molecular weight excluding hydrogens is 303 g/mol. The topological polar surface area (TPSA) is 20.2 Å². The molecule has 0 aliphatic rings. The Kier molecular flexibility index (Phi) is 3.97. The first-order valence-corrected chi connectivity index (χ1v) is 6.91. The van der Waals surface area contributed by atoms with Crippen molar-refractivity contribution in [2.45, 2.75) is 19.4 Å². The molecule has 0 bridgehead atoms. The standard InChI is InChI=1S/C13H12BrFOS/c1-8-2-3-9(15)6-10(8)12(16)7-13-11(14)4-5-17-13/h2-6,12,16H,7H2,1H3. The van der Waals surface area contributed by atoms with E-state index in [-0.39, 0.29) is 5.82 Å². The van der Waals surface area contributed by atoms with Gasteiger partial charge in [0.1, 0.15) is 5.82 Å². The maximum absolute atomic E-state index is 13.1. The molecule has 0 fully saturated rings. The second-order valence-electron chi connectivity index (χ2n) is 3.91. The Hall–Kier alpha value is -0.710. The van der Waals surface area contributed by atoms with Gasteiger partial charge in [-0.25, -0.2) is 4.39 Å². The van der Waals surface area contributed by atoms with Crippen LogP contribution in [0.25, 0.3) is 0 Å². The number of hydrogen-bond donors (Lipinski definition) is 1. The minimum absolute atomic E-state index is 0.310. The molecule has 2 rings (SSSR count). The van der Waals surface area contributed by atoms with Gasteiger partial charge in [-0.15, -0.1) is 11.3 Å². The molecule has 1 aromatic carbocycles. The number of hydrogen-bond acceptors (Lipinski definition) is 2. The first kappa shape index (κ1) is 12.7. The Morgan fingerprint density at radius 2 is 2.18 bits per heavy atom. The van der Waals surface area contributed by atoms with Crippen LogP contribution in [0.3, 0.4) is 0 Å². The lowest BCUT2D eigenvalue weighted by Gasteiger charge is -2.13. The largest absolute Gasteiger partial charge is 0.388 e. The number of aryl methyl sites for hydroxylation is 1. The van der Waals surface area contributed by atoms with Crippen molar-refractivity contribution in [3.63, 3.8) is 0 Å². The van der Waals surface area contributed by atoms with Crippen molar-refractivity contribution < 1.29 is 9.50 Å². The molecule has 0 aliphatic heterocycles. The molecule has 1 atom stereocenters. The SMILES string of the molecule is Cc1ccc(F)cc1C(O)Cc1sccc1Br. The van der Waals surface area contributed by atoms with Crippen molar-refractivity contribution >= 4 is 27.3 Å². The first-order chi connectivity index (χ1) is 8.08. The molecule has 1 aromatic heterocycles. The summed E-state index contributed by atoms with van der Waals surface area (Å²) in [5.41, 5.74) is 1.57. The molecule has 0 saturated heterocycles. The third-order valence-corrected chi connectivity index (χ3v) is 4.62. The molecule has 1 unspecified atom stereocenters. The summed E-state index contributed by atoms with van der Waals surface area (Å²) in [6, 6.07) is 6.45. The molecule has 4 heteroatoms. The Bertz CT molecular complexity index is 524. The highest BCUT2D eigenvalue weighted by atomic mass is 79.9. The van der Waals surface area contributed by atoms with Crippen LogP contribution >= 0.6 is 27.3 Å². The zero-order chi connectivity index (χ0) is 12.4. The molecule has 1 nitrogen and oxygen atoms in total. The molecule has 1 heterocycles. The number of benzene rings is 1. The van der Waals surface area contributed by atoms with Crippen LogP contribution in [0.2, 0.25) is 0 Å². The van der Waals surface area contributed by atoms with Crippen LogP contribution in [0.1, 0.15) is 22.1 Å². The molecule has 0 saturated carbocycles. The second kappa shape index (κ2) is 5.29. The molecule has 0 radical (unpaired) electrons. The molecule has 2 aromatic rings. The summed E-state index contributed by atoms with van der Waals surface area (Å²) in [5, 5.41) is 12.1. The van der Waals surface area contributed by atoms with Crippen LogP contribution < -0.4 is 0 Å². The Morgan fingerprint density at radius 3 is 2.82 bits per heavy atom. The van der Waals surface area contributed by atoms with Crippen molar-refractivity contribution in [2.75, 3.05) is 0 Å². The fraction of sp³-hybridized carbons (Fsp3) is 0.231. The van der Waals surface area contributed by atoms with Crippen molar-refractivity contribution in [3.05, 3.63) is 55.9 Å². The summed E-state index contributed by atoms with van der Waals surface area (Å²) in [6.07, 6.45) is -0.164. The summed E-state index contributed by atoms with van der Waals surface area (Å²) in [6.45, 7) is 1.88. The van der Waals surface area contributed by atoms with Crippen LogP contribution in [0.5, 0.6) is 0 Å². The molecular formula is C13H12BrFOS. The third kappa shape index (κ3) is 2.94. The highest BCUT2D eigenvalue weighted by Gasteiger charge is 2.14. The summed E-state index contributed by atoms with van der Waals surface area (Å²) in [5.74, 6) is -0.310. The predicted molar refractivity (Wildman–Crippen MR) is 71.8 cm³/mol. The zero-order valence-corrected chi connectivity index (χ0v) is 11.7. The van der Waals surface area contributed by atoms with Gasteiger partial charge in [0, 0.05) is 15.8 Å². The van der Waals surface area contributed by atoms with E-state index < -0.39 is 6.10 Å². The lowest BCUT2D eigenvalue weighted by atomic mass is 10.0. The smallest absolute Gasteiger partial charge is 0.123 e. The van der Waals surface area contributed by atoms with Gasteiger partial charge < -0.3 is 5.11 Å². The normalized spacial score (nSPS) is 12.7. The Morgan fingerprint density at radius 1 is 1.41 bits per heavy atom. The Labute approximate surface area is 112 Å². The minimum Gasteiger partial charge on any atom is -0.388 e. The fourth-order valence-corrected chi connectivity index (χ4v) is 3.28. The number of halogens is 2. The van der Waals surface area contributed by atoms with Gasteiger partial charge in [0.25, 0.3) is 0 Å².